The smallest absolute Gasteiger partial charge is 0.0359 e. The molecular formula is C7H16ClO-. The fourth-order valence-electron chi connectivity index (χ4n) is 0.250. The van der Waals surface area contributed by atoms with E-state index in [0.29, 0.717) is 5.41 Å². The van der Waals surface area contributed by atoms with Crippen LogP contribution >= 0.6 is 11.9 Å². The molecule has 9 heavy (non-hydrogen) atoms. The van der Waals surface area contributed by atoms with Crippen LogP contribution in [-0.2, 0) is 0 Å². The molecule has 58 valence electrons. The summed E-state index contributed by atoms with van der Waals surface area (Å²) in [5.74, 6) is 0. The van der Waals surface area contributed by atoms with Crippen LogP contribution in [0, 0.1) is 5.41 Å². The number of rotatable bonds is 2. The van der Waals surface area contributed by atoms with Crippen LogP contribution in [0.25, 0.3) is 0 Å². The maximum Gasteiger partial charge on any atom is -0.0359 e. The fraction of sp³-hybridized carbons (Fsp3) is 1.00. The summed E-state index contributed by atoms with van der Waals surface area (Å²) in [6.07, 6.45) is 2.59. The monoisotopic (exact) mass is 151 g/mol. The lowest BCUT2D eigenvalue weighted by molar-refractivity contribution is -0.166. The number of hydrogen-bond donors (Lipinski definition) is 0. The molecule has 0 bridgehead atoms. The molecule has 0 aromatic carbocycles. The first-order valence-corrected chi connectivity index (χ1v) is 3.58. The highest BCUT2D eigenvalue weighted by molar-refractivity contribution is 6.02. The summed E-state index contributed by atoms with van der Waals surface area (Å²) in [7, 11) is 0. The van der Waals surface area contributed by atoms with Crippen molar-refractivity contribution in [2.24, 2.45) is 5.41 Å². The van der Waals surface area contributed by atoms with Crippen molar-refractivity contribution in [2.75, 3.05) is 0 Å². The largest absolute Gasteiger partial charge is 0.769 e. The molecule has 0 aliphatic rings. The maximum absolute atomic E-state index is 7.72. The molecular weight excluding hydrogens is 136 g/mol. The van der Waals surface area contributed by atoms with Crippen molar-refractivity contribution in [1.29, 1.82) is 0 Å². The predicted octanol–water partition coefficient (Wildman–Crippen LogP) is 2.33. The highest BCUT2D eigenvalue weighted by atomic mass is 35.5. The lowest BCUT2D eigenvalue weighted by Gasteiger charge is -2.18. The second kappa shape index (κ2) is 6.37. The van der Waals surface area contributed by atoms with Crippen molar-refractivity contribution in [2.45, 2.75) is 40.5 Å². The SMILES string of the molecule is CCC(C)(C)CC.[O-]Cl. The van der Waals surface area contributed by atoms with E-state index in [-0.39, 0.29) is 0 Å². The van der Waals surface area contributed by atoms with E-state index in [0.717, 1.165) is 0 Å². The van der Waals surface area contributed by atoms with Gasteiger partial charge < -0.3 is 4.66 Å². The first-order valence-electron chi connectivity index (χ1n) is 3.28. The van der Waals surface area contributed by atoms with Gasteiger partial charge in [0.1, 0.15) is 0 Å². The molecule has 0 N–H and O–H groups in total. The molecule has 0 atom stereocenters. The molecule has 0 amide bonds. The molecule has 0 saturated heterocycles. The van der Waals surface area contributed by atoms with Crippen molar-refractivity contribution in [3.05, 3.63) is 0 Å². The summed E-state index contributed by atoms with van der Waals surface area (Å²) in [6, 6.07) is 0. The zero-order chi connectivity index (χ0) is 7.91. The standard InChI is InChI=1S/C7H16.ClO/c1-5-7(3,4)6-2;1-2/h5-6H2,1-4H3;/q;-1. The van der Waals surface area contributed by atoms with Crippen LogP contribution < -0.4 is 4.66 Å². The predicted molar refractivity (Wildman–Crippen MR) is 40.2 cm³/mol. The average Bonchev–Trinajstić information content (AvgIpc) is 1.93. The Kier molecular flexibility index (Phi) is 8.48. The van der Waals surface area contributed by atoms with Gasteiger partial charge in [-0.05, 0) is 5.41 Å². The molecule has 0 aliphatic carbocycles. The first kappa shape index (κ1) is 12.0. The third kappa shape index (κ3) is 8.25. The molecule has 0 radical (unpaired) electrons. The van der Waals surface area contributed by atoms with Gasteiger partial charge in [0.05, 0.1) is 0 Å². The van der Waals surface area contributed by atoms with E-state index in [2.05, 4.69) is 39.6 Å². The minimum atomic E-state index is 0.583. The zero-order valence-electron chi connectivity index (χ0n) is 6.70. The van der Waals surface area contributed by atoms with Crippen molar-refractivity contribution < 1.29 is 4.66 Å². The summed E-state index contributed by atoms with van der Waals surface area (Å²) < 4.78 is 7.72. The van der Waals surface area contributed by atoms with Crippen LogP contribution in [0.15, 0.2) is 0 Å². The molecule has 0 aromatic heterocycles. The molecule has 0 spiro atoms. The Bertz CT molecular complexity index is 46.9. The average molecular weight is 152 g/mol. The molecule has 0 saturated carbocycles. The lowest BCUT2D eigenvalue weighted by Crippen LogP contribution is -2.05. The van der Waals surface area contributed by atoms with Gasteiger partial charge in [0, 0.05) is 0 Å². The van der Waals surface area contributed by atoms with E-state index in [1.54, 1.807) is 0 Å². The van der Waals surface area contributed by atoms with E-state index in [1.807, 2.05) is 0 Å². The molecule has 0 fully saturated rings. The van der Waals surface area contributed by atoms with Gasteiger partial charge in [0.25, 0.3) is 0 Å². The normalized spacial score (nSPS) is 10.0. The van der Waals surface area contributed by atoms with Crippen LogP contribution in [0.1, 0.15) is 40.5 Å². The van der Waals surface area contributed by atoms with E-state index in [1.165, 1.54) is 12.8 Å². The summed E-state index contributed by atoms with van der Waals surface area (Å²) in [5.41, 5.74) is 0.583. The van der Waals surface area contributed by atoms with Crippen molar-refractivity contribution >= 4 is 11.9 Å². The van der Waals surface area contributed by atoms with Crippen molar-refractivity contribution in [1.82, 2.24) is 0 Å². The van der Waals surface area contributed by atoms with Gasteiger partial charge in [-0.25, -0.2) is 11.9 Å². The molecule has 0 aromatic rings. The van der Waals surface area contributed by atoms with Crippen molar-refractivity contribution in [3.8, 4) is 0 Å². The lowest BCUT2D eigenvalue weighted by atomic mass is 9.88. The Hall–Kier alpha value is 0.250. The van der Waals surface area contributed by atoms with Gasteiger partial charge >= 0.3 is 0 Å². The Morgan fingerprint density at radius 1 is 1.11 bits per heavy atom. The first-order chi connectivity index (χ1) is 4.12. The minimum absolute atomic E-state index is 0.583. The Morgan fingerprint density at radius 2 is 1.33 bits per heavy atom. The van der Waals surface area contributed by atoms with Crippen LogP contribution in [0.4, 0.5) is 0 Å². The molecule has 0 heterocycles. The summed E-state index contributed by atoms with van der Waals surface area (Å²) >= 11 is 3.39. The second-order valence-electron chi connectivity index (χ2n) is 2.87. The van der Waals surface area contributed by atoms with Gasteiger partial charge in [0.2, 0.25) is 0 Å². The zero-order valence-corrected chi connectivity index (χ0v) is 7.46. The summed E-state index contributed by atoms with van der Waals surface area (Å²) in [6.45, 7) is 9.08. The number of halogens is 1. The molecule has 0 aliphatic heterocycles. The van der Waals surface area contributed by atoms with E-state index < -0.39 is 0 Å². The third-order valence-corrected chi connectivity index (χ3v) is 1.91. The minimum Gasteiger partial charge on any atom is -0.769 e. The van der Waals surface area contributed by atoms with Crippen LogP contribution in [0.2, 0.25) is 0 Å². The maximum atomic E-state index is 7.72. The summed E-state index contributed by atoms with van der Waals surface area (Å²) in [4.78, 5) is 0. The van der Waals surface area contributed by atoms with Gasteiger partial charge in [0.15, 0.2) is 0 Å². The molecule has 0 rings (SSSR count). The highest BCUT2D eigenvalue weighted by Gasteiger charge is 2.09. The molecule has 1 nitrogen and oxygen atoms in total. The van der Waals surface area contributed by atoms with Gasteiger partial charge in [-0.2, -0.15) is 0 Å². The Labute approximate surface area is 63.2 Å². The number of hydrogen-bond acceptors (Lipinski definition) is 1. The van der Waals surface area contributed by atoms with Gasteiger partial charge in [-0.1, -0.05) is 40.5 Å². The Balaban J connectivity index is 0. The quantitative estimate of drug-likeness (QED) is 0.594. The van der Waals surface area contributed by atoms with E-state index in [4.69, 9.17) is 4.66 Å². The van der Waals surface area contributed by atoms with Crippen molar-refractivity contribution in [3.63, 3.8) is 0 Å². The van der Waals surface area contributed by atoms with Crippen LogP contribution in [0.3, 0.4) is 0 Å². The topological polar surface area (TPSA) is 23.1 Å². The highest BCUT2D eigenvalue weighted by Crippen LogP contribution is 2.22. The van der Waals surface area contributed by atoms with Crippen LogP contribution in [-0.4, -0.2) is 0 Å². The van der Waals surface area contributed by atoms with Gasteiger partial charge in [-0.15, -0.1) is 0 Å². The molecule has 2 heteroatoms. The third-order valence-electron chi connectivity index (χ3n) is 1.91. The van der Waals surface area contributed by atoms with E-state index in [9.17, 15) is 0 Å². The van der Waals surface area contributed by atoms with E-state index >= 15 is 0 Å². The molecule has 0 unspecified atom stereocenters. The van der Waals surface area contributed by atoms with Crippen LogP contribution in [0.5, 0.6) is 0 Å². The Morgan fingerprint density at radius 3 is 1.33 bits per heavy atom. The van der Waals surface area contributed by atoms with Gasteiger partial charge in [-0.3, -0.25) is 0 Å². The summed E-state index contributed by atoms with van der Waals surface area (Å²) in [5, 5.41) is 0. The fourth-order valence-corrected chi connectivity index (χ4v) is 0.250. The second-order valence-corrected chi connectivity index (χ2v) is 2.87.